The lowest BCUT2D eigenvalue weighted by molar-refractivity contribution is 0.00695. The molecule has 1 saturated heterocycles. The number of nitrogens with one attached hydrogen (secondary N) is 1. The number of esters is 1. The molecule has 2 rings (SSSR count). The molecule has 19 heavy (non-hydrogen) atoms. The first-order valence-corrected chi connectivity index (χ1v) is 6.35. The van der Waals surface area contributed by atoms with E-state index in [9.17, 15) is 4.79 Å². The van der Waals surface area contributed by atoms with Gasteiger partial charge in [0.25, 0.3) is 0 Å². The van der Waals surface area contributed by atoms with Crippen molar-refractivity contribution >= 4 is 11.7 Å². The molecule has 1 aromatic carbocycles. The molecule has 0 saturated carbocycles. The van der Waals surface area contributed by atoms with Crippen molar-refractivity contribution < 1.29 is 14.3 Å². The highest BCUT2D eigenvalue weighted by Crippen LogP contribution is 2.25. The van der Waals surface area contributed by atoms with Crippen LogP contribution in [-0.2, 0) is 4.74 Å². The Balaban J connectivity index is 2.07. The van der Waals surface area contributed by atoms with Crippen molar-refractivity contribution in [2.24, 2.45) is 0 Å². The number of anilines is 1. The lowest BCUT2D eigenvalue weighted by Gasteiger charge is -2.28. The first-order valence-electron chi connectivity index (χ1n) is 6.35. The molecular weight excluding hydrogens is 244 g/mol. The summed E-state index contributed by atoms with van der Waals surface area (Å²) >= 11 is 0. The zero-order valence-electron chi connectivity index (χ0n) is 11.5. The second kappa shape index (κ2) is 5.09. The molecule has 1 heterocycles. The molecule has 104 valence electrons. The van der Waals surface area contributed by atoms with E-state index in [1.54, 1.807) is 18.2 Å². The van der Waals surface area contributed by atoms with Gasteiger partial charge in [-0.2, -0.15) is 0 Å². The molecule has 1 aromatic rings. The number of benzene rings is 1. The maximum absolute atomic E-state index is 11.9. The zero-order valence-corrected chi connectivity index (χ0v) is 11.5. The summed E-state index contributed by atoms with van der Waals surface area (Å²) in [6.07, 6.45) is 0.162. The Morgan fingerprint density at radius 2 is 2.05 bits per heavy atom. The maximum Gasteiger partial charge on any atom is 0.338 e. The quantitative estimate of drug-likeness (QED) is 0.640. The minimum Gasteiger partial charge on any atom is -0.486 e. The number of rotatable bonds is 3. The second-order valence-corrected chi connectivity index (χ2v) is 5.65. The lowest BCUT2D eigenvalue weighted by Crippen LogP contribution is -2.50. The van der Waals surface area contributed by atoms with E-state index in [1.807, 2.05) is 20.8 Å². The molecule has 0 unspecified atom stereocenters. The predicted octanol–water partition coefficient (Wildman–Crippen LogP) is 1.57. The Morgan fingerprint density at radius 3 is 2.53 bits per heavy atom. The van der Waals surface area contributed by atoms with Gasteiger partial charge < -0.3 is 20.5 Å². The van der Waals surface area contributed by atoms with Crippen molar-refractivity contribution in [1.29, 1.82) is 0 Å². The molecule has 1 aliphatic heterocycles. The van der Waals surface area contributed by atoms with Gasteiger partial charge in [0.1, 0.15) is 17.5 Å². The van der Waals surface area contributed by atoms with Gasteiger partial charge in [-0.05, 0) is 39.0 Å². The standard InChI is InChI=1S/C14H20N2O3/c1-14(2,3)19-13(17)9-4-5-12(11(15)6-9)18-10-7-16-8-10/h4-6,10,16H,7-8,15H2,1-3H3. The van der Waals surface area contributed by atoms with Crippen LogP contribution in [0.2, 0.25) is 0 Å². The van der Waals surface area contributed by atoms with E-state index in [-0.39, 0.29) is 12.1 Å². The van der Waals surface area contributed by atoms with E-state index >= 15 is 0 Å². The van der Waals surface area contributed by atoms with Crippen LogP contribution < -0.4 is 15.8 Å². The van der Waals surface area contributed by atoms with Gasteiger partial charge in [-0.25, -0.2) is 4.79 Å². The largest absolute Gasteiger partial charge is 0.486 e. The molecule has 1 fully saturated rings. The van der Waals surface area contributed by atoms with Gasteiger partial charge in [0.15, 0.2) is 0 Å². The van der Waals surface area contributed by atoms with E-state index in [0.29, 0.717) is 17.0 Å². The smallest absolute Gasteiger partial charge is 0.338 e. The summed E-state index contributed by atoms with van der Waals surface area (Å²) in [6, 6.07) is 4.98. The number of ether oxygens (including phenoxy) is 2. The maximum atomic E-state index is 11.9. The Bertz CT molecular complexity index is 476. The van der Waals surface area contributed by atoms with E-state index in [0.717, 1.165) is 13.1 Å². The minimum absolute atomic E-state index is 0.162. The Hall–Kier alpha value is -1.75. The van der Waals surface area contributed by atoms with Crippen LogP contribution in [0.1, 0.15) is 31.1 Å². The van der Waals surface area contributed by atoms with Crippen LogP contribution in [-0.4, -0.2) is 30.8 Å². The molecule has 0 spiro atoms. The highest BCUT2D eigenvalue weighted by Gasteiger charge is 2.21. The van der Waals surface area contributed by atoms with Crippen LogP contribution in [0.25, 0.3) is 0 Å². The molecule has 5 nitrogen and oxygen atoms in total. The fourth-order valence-corrected chi connectivity index (χ4v) is 1.64. The average Bonchev–Trinajstić information content (AvgIpc) is 2.22. The molecule has 0 atom stereocenters. The lowest BCUT2D eigenvalue weighted by atomic mass is 10.1. The van der Waals surface area contributed by atoms with Crippen molar-refractivity contribution in [2.75, 3.05) is 18.8 Å². The highest BCUT2D eigenvalue weighted by molar-refractivity contribution is 5.91. The first kappa shape index (κ1) is 13.7. The fourth-order valence-electron chi connectivity index (χ4n) is 1.64. The third-order valence-electron chi connectivity index (χ3n) is 2.68. The predicted molar refractivity (Wildman–Crippen MR) is 73.3 cm³/mol. The zero-order chi connectivity index (χ0) is 14.0. The number of nitrogen functional groups attached to an aromatic ring is 1. The van der Waals surface area contributed by atoms with Crippen LogP contribution in [0.4, 0.5) is 5.69 Å². The normalized spacial score (nSPS) is 15.7. The number of nitrogens with two attached hydrogens (primary N) is 1. The molecule has 1 aliphatic rings. The summed E-state index contributed by atoms with van der Waals surface area (Å²) in [5, 5.41) is 3.12. The number of hydrogen-bond acceptors (Lipinski definition) is 5. The molecule has 0 amide bonds. The minimum atomic E-state index is -0.515. The molecule has 0 radical (unpaired) electrons. The third-order valence-corrected chi connectivity index (χ3v) is 2.68. The van der Waals surface area contributed by atoms with Crippen molar-refractivity contribution in [3.8, 4) is 5.75 Å². The van der Waals surface area contributed by atoms with E-state index < -0.39 is 5.60 Å². The van der Waals surface area contributed by atoms with Gasteiger partial charge in [-0.15, -0.1) is 0 Å². The van der Waals surface area contributed by atoms with Crippen LogP contribution in [0.15, 0.2) is 18.2 Å². The van der Waals surface area contributed by atoms with Crippen molar-refractivity contribution in [3.63, 3.8) is 0 Å². The Labute approximate surface area is 113 Å². The topological polar surface area (TPSA) is 73.6 Å². The molecule has 0 bridgehead atoms. The number of carbonyl (C=O) groups excluding carboxylic acids is 1. The second-order valence-electron chi connectivity index (χ2n) is 5.65. The molecule has 5 heteroatoms. The molecule has 0 aliphatic carbocycles. The number of carbonyl (C=O) groups is 1. The summed E-state index contributed by atoms with van der Waals surface area (Å²) < 4.78 is 11.0. The average molecular weight is 264 g/mol. The number of hydrogen-bond donors (Lipinski definition) is 2. The molecular formula is C14H20N2O3. The summed E-state index contributed by atoms with van der Waals surface area (Å²) in [6.45, 7) is 7.14. The van der Waals surface area contributed by atoms with Crippen LogP contribution in [0.3, 0.4) is 0 Å². The first-order chi connectivity index (χ1) is 8.85. The van der Waals surface area contributed by atoms with Gasteiger partial charge in [0, 0.05) is 13.1 Å². The van der Waals surface area contributed by atoms with E-state index in [2.05, 4.69) is 5.32 Å². The van der Waals surface area contributed by atoms with Gasteiger partial charge in [0.05, 0.1) is 11.3 Å². The van der Waals surface area contributed by atoms with Gasteiger partial charge in [0.2, 0.25) is 0 Å². The monoisotopic (exact) mass is 264 g/mol. The Kier molecular flexibility index (Phi) is 3.66. The summed E-state index contributed by atoms with van der Waals surface area (Å²) in [7, 11) is 0. The van der Waals surface area contributed by atoms with E-state index in [1.165, 1.54) is 0 Å². The van der Waals surface area contributed by atoms with E-state index in [4.69, 9.17) is 15.2 Å². The Morgan fingerprint density at radius 1 is 1.37 bits per heavy atom. The van der Waals surface area contributed by atoms with Crippen LogP contribution >= 0.6 is 0 Å². The molecule has 3 N–H and O–H groups in total. The van der Waals surface area contributed by atoms with Crippen LogP contribution in [0, 0.1) is 0 Å². The van der Waals surface area contributed by atoms with Gasteiger partial charge in [-0.3, -0.25) is 0 Å². The SMILES string of the molecule is CC(C)(C)OC(=O)c1ccc(OC2CNC2)c(N)c1. The third kappa shape index (κ3) is 3.61. The summed E-state index contributed by atoms with van der Waals surface area (Å²) in [5.41, 5.74) is 6.27. The van der Waals surface area contributed by atoms with Crippen LogP contribution in [0.5, 0.6) is 5.75 Å². The summed E-state index contributed by atoms with van der Waals surface area (Å²) in [5.74, 6) is 0.231. The fraction of sp³-hybridized carbons (Fsp3) is 0.500. The van der Waals surface area contributed by atoms with Crippen molar-refractivity contribution in [3.05, 3.63) is 23.8 Å². The molecule has 0 aromatic heterocycles. The summed E-state index contributed by atoms with van der Waals surface area (Å²) in [4.78, 5) is 11.9. The van der Waals surface area contributed by atoms with Gasteiger partial charge in [-0.1, -0.05) is 0 Å². The highest BCUT2D eigenvalue weighted by atomic mass is 16.6. The van der Waals surface area contributed by atoms with Crippen molar-refractivity contribution in [1.82, 2.24) is 5.32 Å². The van der Waals surface area contributed by atoms with Gasteiger partial charge >= 0.3 is 5.97 Å². The van der Waals surface area contributed by atoms with Crippen molar-refractivity contribution in [2.45, 2.75) is 32.5 Å².